The van der Waals surface area contributed by atoms with Gasteiger partial charge in [-0.25, -0.2) is 4.99 Å². The molecule has 5 nitrogen and oxygen atoms in total. The van der Waals surface area contributed by atoms with Crippen LogP contribution in [0.15, 0.2) is 17.1 Å². The van der Waals surface area contributed by atoms with Crippen molar-refractivity contribution in [3.63, 3.8) is 0 Å². The van der Waals surface area contributed by atoms with Crippen molar-refractivity contribution in [3.05, 3.63) is 23.3 Å². The van der Waals surface area contributed by atoms with E-state index < -0.39 is 0 Å². The molecule has 1 atom stereocenters. The van der Waals surface area contributed by atoms with Crippen LogP contribution in [0.25, 0.3) is 0 Å². The van der Waals surface area contributed by atoms with Crippen LogP contribution in [0, 0.1) is 0 Å². The molecule has 0 amide bonds. The van der Waals surface area contributed by atoms with Crippen LogP contribution in [-0.4, -0.2) is 37.2 Å². The molecule has 2 heterocycles. The standard InChI is InChI=1S/C17H25N3O2.HI/c1-12-8-13-9-15(21-2)14(10-16(13)22-12)11-19-17(18)20-6-4-3-5-7-20;/h9-10,12H,3-8,11H2,1-2H3,(H2,18,19);1H. The number of fused-ring (bicyclic) bond motifs is 1. The molecule has 0 radical (unpaired) electrons. The van der Waals surface area contributed by atoms with Gasteiger partial charge in [0.05, 0.1) is 13.7 Å². The maximum Gasteiger partial charge on any atom is 0.191 e. The van der Waals surface area contributed by atoms with Gasteiger partial charge in [0.25, 0.3) is 0 Å². The highest BCUT2D eigenvalue weighted by Crippen LogP contribution is 2.35. The molecule has 128 valence electrons. The molecule has 23 heavy (non-hydrogen) atoms. The minimum Gasteiger partial charge on any atom is -0.496 e. The van der Waals surface area contributed by atoms with Gasteiger partial charge in [0, 0.05) is 30.6 Å². The Morgan fingerprint density at radius 3 is 2.78 bits per heavy atom. The summed E-state index contributed by atoms with van der Waals surface area (Å²) in [5.41, 5.74) is 8.36. The lowest BCUT2D eigenvalue weighted by Gasteiger charge is -2.27. The molecular formula is C17H26IN3O2. The van der Waals surface area contributed by atoms with Crippen LogP contribution in [0.2, 0.25) is 0 Å². The number of ether oxygens (including phenoxy) is 2. The Hall–Kier alpha value is -1.18. The van der Waals surface area contributed by atoms with Crippen molar-refractivity contribution in [2.24, 2.45) is 10.7 Å². The smallest absolute Gasteiger partial charge is 0.191 e. The van der Waals surface area contributed by atoms with E-state index in [-0.39, 0.29) is 30.1 Å². The number of rotatable bonds is 3. The van der Waals surface area contributed by atoms with E-state index in [1.807, 2.05) is 6.07 Å². The van der Waals surface area contributed by atoms with Gasteiger partial charge in [0.2, 0.25) is 0 Å². The molecule has 0 aromatic heterocycles. The van der Waals surface area contributed by atoms with E-state index in [4.69, 9.17) is 15.2 Å². The first kappa shape index (κ1) is 18.2. The molecule has 2 N–H and O–H groups in total. The Morgan fingerprint density at radius 2 is 2.09 bits per heavy atom. The van der Waals surface area contributed by atoms with Crippen molar-refractivity contribution in [1.29, 1.82) is 0 Å². The van der Waals surface area contributed by atoms with E-state index in [1.54, 1.807) is 7.11 Å². The highest BCUT2D eigenvalue weighted by molar-refractivity contribution is 14.0. The number of piperidine rings is 1. The summed E-state index contributed by atoms with van der Waals surface area (Å²) in [6.45, 7) is 4.63. The van der Waals surface area contributed by atoms with Gasteiger partial charge in [-0.3, -0.25) is 0 Å². The van der Waals surface area contributed by atoms with Crippen molar-refractivity contribution in [1.82, 2.24) is 4.90 Å². The number of nitrogens with two attached hydrogens (primary N) is 1. The number of likely N-dealkylation sites (tertiary alicyclic amines) is 1. The van der Waals surface area contributed by atoms with Crippen LogP contribution in [-0.2, 0) is 13.0 Å². The van der Waals surface area contributed by atoms with Crippen LogP contribution in [0.4, 0.5) is 0 Å². The summed E-state index contributed by atoms with van der Waals surface area (Å²) in [7, 11) is 1.70. The van der Waals surface area contributed by atoms with E-state index in [1.165, 1.54) is 24.8 Å². The Balaban J connectivity index is 0.00000192. The molecule has 0 spiro atoms. The summed E-state index contributed by atoms with van der Waals surface area (Å²) in [4.78, 5) is 6.72. The molecule has 0 saturated carbocycles. The molecular weight excluding hydrogens is 405 g/mol. The number of nitrogens with zero attached hydrogens (tertiary/aromatic N) is 2. The fourth-order valence-corrected chi connectivity index (χ4v) is 3.18. The lowest BCUT2D eigenvalue weighted by Crippen LogP contribution is -2.40. The number of halogens is 1. The van der Waals surface area contributed by atoms with Crippen molar-refractivity contribution in [3.8, 4) is 11.5 Å². The third-order valence-electron chi connectivity index (χ3n) is 4.39. The zero-order chi connectivity index (χ0) is 15.5. The first-order valence-corrected chi connectivity index (χ1v) is 8.08. The third-order valence-corrected chi connectivity index (χ3v) is 4.39. The van der Waals surface area contributed by atoms with E-state index >= 15 is 0 Å². The number of benzene rings is 1. The van der Waals surface area contributed by atoms with E-state index in [0.29, 0.717) is 12.5 Å². The van der Waals surface area contributed by atoms with E-state index in [0.717, 1.165) is 36.6 Å². The summed E-state index contributed by atoms with van der Waals surface area (Å²) >= 11 is 0. The second-order valence-corrected chi connectivity index (χ2v) is 6.13. The molecule has 1 unspecified atom stereocenters. The normalized spacial score (nSPS) is 20.5. The average Bonchev–Trinajstić information content (AvgIpc) is 2.91. The summed E-state index contributed by atoms with van der Waals surface area (Å²) in [6.07, 6.45) is 4.86. The van der Waals surface area contributed by atoms with Crippen molar-refractivity contribution < 1.29 is 9.47 Å². The average molecular weight is 431 g/mol. The molecule has 2 aliphatic heterocycles. The Morgan fingerprint density at radius 1 is 1.35 bits per heavy atom. The number of aliphatic imine (C=N–C) groups is 1. The number of hydrogen-bond donors (Lipinski definition) is 1. The predicted molar refractivity (Wildman–Crippen MR) is 103 cm³/mol. The highest BCUT2D eigenvalue weighted by atomic mass is 127. The summed E-state index contributed by atoms with van der Waals surface area (Å²) in [5, 5.41) is 0. The molecule has 1 fully saturated rings. The minimum atomic E-state index is 0. The lowest BCUT2D eigenvalue weighted by molar-refractivity contribution is 0.254. The van der Waals surface area contributed by atoms with Gasteiger partial charge in [-0.1, -0.05) is 0 Å². The Labute approximate surface area is 155 Å². The van der Waals surface area contributed by atoms with Crippen molar-refractivity contribution >= 4 is 29.9 Å². The van der Waals surface area contributed by atoms with Crippen molar-refractivity contribution in [2.45, 2.75) is 45.3 Å². The summed E-state index contributed by atoms with van der Waals surface area (Å²) in [6, 6.07) is 4.12. The molecule has 2 aliphatic rings. The van der Waals surface area contributed by atoms with Gasteiger partial charge >= 0.3 is 0 Å². The molecule has 6 heteroatoms. The number of guanidine groups is 1. The first-order valence-electron chi connectivity index (χ1n) is 8.08. The fourth-order valence-electron chi connectivity index (χ4n) is 3.18. The highest BCUT2D eigenvalue weighted by Gasteiger charge is 2.21. The maximum absolute atomic E-state index is 6.13. The van der Waals surface area contributed by atoms with Gasteiger partial charge in [0.1, 0.15) is 17.6 Å². The number of methoxy groups -OCH3 is 1. The zero-order valence-electron chi connectivity index (χ0n) is 13.9. The molecule has 1 aromatic carbocycles. The Bertz CT molecular complexity index is 571. The second kappa shape index (κ2) is 8.08. The largest absolute Gasteiger partial charge is 0.496 e. The van der Waals surface area contributed by atoms with Crippen LogP contribution in [0.3, 0.4) is 0 Å². The minimum absolute atomic E-state index is 0. The molecule has 0 bridgehead atoms. The molecule has 3 rings (SSSR count). The van der Waals surface area contributed by atoms with Gasteiger partial charge < -0.3 is 20.1 Å². The first-order chi connectivity index (χ1) is 10.7. The van der Waals surface area contributed by atoms with Gasteiger partial charge in [-0.05, 0) is 38.3 Å². The quantitative estimate of drug-likeness (QED) is 0.454. The SMILES string of the molecule is COc1cc2c(cc1CN=C(N)N1CCCCC1)OC(C)C2.I. The van der Waals surface area contributed by atoms with E-state index in [9.17, 15) is 0 Å². The molecule has 0 aliphatic carbocycles. The topological polar surface area (TPSA) is 60.1 Å². The summed E-state index contributed by atoms with van der Waals surface area (Å²) in [5.74, 6) is 2.46. The maximum atomic E-state index is 6.13. The zero-order valence-corrected chi connectivity index (χ0v) is 16.2. The van der Waals surface area contributed by atoms with Crippen LogP contribution in [0.5, 0.6) is 11.5 Å². The second-order valence-electron chi connectivity index (χ2n) is 6.13. The summed E-state index contributed by atoms with van der Waals surface area (Å²) < 4.78 is 11.3. The van der Waals surface area contributed by atoms with Gasteiger partial charge in [-0.15, -0.1) is 24.0 Å². The number of hydrogen-bond acceptors (Lipinski definition) is 3. The van der Waals surface area contributed by atoms with Crippen LogP contribution in [0.1, 0.15) is 37.3 Å². The Kier molecular flexibility index (Phi) is 6.38. The van der Waals surface area contributed by atoms with Crippen LogP contribution < -0.4 is 15.2 Å². The molecule has 1 aromatic rings. The molecule has 1 saturated heterocycles. The van der Waals surface area contributed by atoms with Gasteiger partial charge in [0.15, 0.2) is 5.96 Å². The monoisotopic (exact) mass is 431 g/mol. The lowest BCUT2D eigenvalue weighted by atomic mass is 10.1. The third kappa shape index (κ3) is 4.22. The van der Waals surface area contributed by atoms with Crippen LogP contribution >= 0.6 is 24.0 Å². The fraction of sp³-hybridized carbons (Fsp3) is 0.588. The van der Waals surface area contributed by atoms with E-state index in [2.05, 4.69) is 22.9 Å². The van der Waals surface area contributed by atoms with Gasteiger partial charge in [-0.2, -0.15) is 0 Å². The van der Waals surface area contributed by atoms with Crippen molar-refractivity contribution in [2.75, 3.05) is 20.2 Å². The predicted octanol–water partition coefficient (Wildman–Crippen LogP) is 2.94.